The monoisotopic (exact) mass is 355 g/mol. The number of carbonyl (C=O) groups is 1. The average Bonchev–Trinajstić information content (AvgIpc) is 2.58. The standard InChI is InChI=1S/C17H33N5O3/c1-12(2)10-20-16(24)17(25,11-21-22-19)9-15(23)14(18)8-13-6-4-3-5-7-13/h12-15,23,25H,3-11,18H2,1-2H3,(H,20,24)/t14-,15-,17+/m0/s1. The molecule has 25 heavy (non-hydrogen) atoms. The number of hydrogen-bond donors (Lipinski definition) is 4. The number of carbonyl (C=O) groups excluding carboxylic acids is 1. The minimum Gasteiger partial charge on any atom is -0.391 e. The van der Waals surface area contributed by atoms with Crippen LogP contribution in [-0.2, 0) is 4.79 Å². The van der Waals surface area contributed by atoms with E-state index < -0.39 is 30.2 Å². The summed E-state index contributed by atoms with van der Waals surface area (Å²) in [5.74, 6) is 0.0575. The van der Waals surface area contributed by atoms with Crippen molar-refractivity contribution in [2.45, 2.75) is 76.5 Å². The summed E-state index contributed by atoms with van der Waals surface area (Å²) in [6, 6.07) is -0.515. The Morgan fingerprint density at radius 2 is 2.04 bits per heavy atom. The van der Waals surface area contributed by atoms with Crippen LogP contribution in [0.2, 0.25) is 0 Å². The molecule has 1 fully saturated rings. The maximum Gasteiger partial charge on any atom is 0.252 e. The van der Waals surface area contributed by atoms with Gasteiger partial charge >= 0.3 is 0 Å². The molecular formula is C17H33N5O3. The number of hydrogen-bond acceptors (Lipinski definition) is 5. The fourth-order valence-electron chi connectivity index (χ4n) is 3.30. The zero-order valence-electron chi connectivity index (χ0n) is 15.4. The summed E-state index contributed by atoms with van der Waals surface area (Å²) >= 11 is 0. The molecule has 8 nitrogen and oxygen atoms in total. The molecule has 1 amide bonds. The lowest BCUT2D eigenvalue weighted by Crippen LogP contribution is -2.54. The van der Waals surface area contributed by atoms with E-state index in [0.717, 1.165) is 12.8 Å². The summed E-state index contributed by atoms with van der Waals surface area (Å²) in [4.78, 5) is 14.9. The van der Waals surface area contributed by atoms with E-state index in [2.05, 4.69) is 15.3 Å². The Labute approximate surface area is 149 Å². The highest BCUT2D eigenvalue weighted by molar-refractivity contribution is 5.85. The van der Waals surface area contributed by atoms with Crippen molar-refractivity contribution < 1.29 is 15.0 Å². The number of nitrogens with zero attached hydrogens (tertiary/aromatic N) is 3. The van der Waals surface area contributed by atoms with Gasteiger partial charge in [-0.2, -0.15) is 0 Å². The normalized spacial score (nSPS) is 20.4. The molecule has 1 saturated carbocycles. The van der Waals surface area contributed by atoms with Crippen molar-refractivity contribution in [2.75, 3.05) is 13.1 Å². The fraction of sp³-hybridized carbons (Fsp3) is 0.941. The van der Waals surface area contributed by atoms with Crippen LogP contribution in [0.5, 0.6) is 0 Å². The van der Waals surface area contributed by atoms with Gasteiger partial charge in [0, 0.05) is 23.9 Å². The number of nitrogens with two attached hydrogens (primary N) is 1. The maximum absolute atomic E-state index is 12.3. The van der Waals surface area contributed by atoms with Crippen molar-refractivity contribution in [3.05, 3.63) is 10.4 Å². The Kier molecular flexibility index (Phi) is 9.21. The van der Waals surface area contributed by atoms with Crippen LogP contribution in [0.3, 0.4) is 0 Å². The van der Waals surface area contributed by atoms with Gasteiger partial charge in [0.05, 0.1) is 12.6 Å². The third kappa shape index (κ3) is 7.61. The van der Waals surface area contributed by atoms with Crippen molar-refractivity contribution in [1.82, 2.24) is 5.32 Å². The minimum atomic E-state index is -1.95. The van der Waals surface area contributed by atoms with Gasteiger partial charge in [-0.1, -0.05) is 51.1 Å². The molecule has 0 heterocycles. The predicted octanol–water partition coefficient (Wildman–Crippen LogP) is 1.85. The molecule has 3 atom stereocenters. The third-order valence-corrected chi connectivity index (χ3v) is 4.86. The second-order valence-electron chi connectivity index (χ2n) is 7.70. The van der Waals surface area contributed by atoms with Crippen LogP contribution in [0, 0.1) is 11.8 Å². The Hall–Kier alpha value is -1.34. The van der Waals surface area contributed by atoms with Gasteiger partial charge in [0.15, 0.2) is 5.60 Å². The van der Waals surface area contributed by atoms with Crippen LogP contribution in [-0.4, -0.2) is 47.0 Å². The van der Waals surface area contributed by atoms with Crippen molar-refractivity contribution in [3.63, 3.8) is 0 Å². The van der Waals surface area contributed by atoms with E-state index >= 15 is 0 Å². The van der Waals surface area contributed by atoms with Crippen LogP contribution in [0.25, 0.3) is 10.4 Å². The summed E-state index contributed by atoms with van der Waals surface area (Å²) in [6.45, 7) is 3.83. The minimum absolute atomic E-state index is 0.214. The fourth-order valence-corrected chi connectivity index (χ4v) is 3.30. The molecule has 1 aliphatic rings. The second-order valence-corrected chi connectivity index (χ2v) is 7.70. The Balaban J connectivity index is 2.67. The molecule has 1 aliphatic carbocycles. The van der Waals surface area contributed by atoms with Gasteiger partial charge in [-0.05, 0) is 23.8 Å². The molecule has 0 aromatic rings. The summed E-state index contributed by atoms with van der Waals surface area (Å²) in [5, 5.41) is 27.0. The lowest BCUT2D eigenvalue weighted by atomic mass is 9.82. The Morgan fingerprint density at radius 3 is 2.60 bits per heavy atom. The van der Waals surface area contributed by atoms with Gasteiger partial charge in [0.2, 0.25) is 0 Å². The van der Waals surface area contributed by atoms with E-state index in [1.165, 1.54) is 19.3 Å². The Morgan fingerprint density at radius 1 is 1.40 bits per heavy atom. The molecule has 1 rings (SSSR count). The van der Waals surface area contributed by atoms with Crippen molar-refractivity contribution in [1.29, 1.82) is 0 Å². The molecule has 0 aromatic heterocycles. The Bertz CT molecular complexity index is 461. The van der Waals surface area contributed by atoms with Crippen molar-refractivity contribution >= 4 is 5.91 Å². The molecule has 0 spiro atoms. The van der Waals surface area contributed by atoms with Gasteiger partial charge in [-0.3, -0.25) is 4.79 Å². The highest BCUT2D eigenvalue weighted by atomic mass is 16.3. The molecule has 144 valence electrons. The lowest BCUT2D eigenvalue weighted by molar-refractivity contribution is -0.142. The number of rotatable bonds is 10. The van der Waals surface area contributed by atoms with Crippen molar-refractivity contribution in [3.8, 4) is 0 Å². The molecule has 8 heteroatoms. The van der Waals surface area contributed by atoms with Gasteiger partial charge in [0.25, 0.3) is 5.91 Å². The lowest BCUT2D eigenvalue weighted by Gasteiger charge is -2.32. The van der Waals surface area contributed by atoms with Crippen LogP contribution in [0.15, 0.2) is 5.11 Å². The highest BCUT2D eigenvalue weighted by Crippen LogP contribution is 2.28. The van der Waals surface area contributed by atoms with Crippen LogP contribution >= 0.6 is 0 Å². The average molecular weight is 355 g/mol. The quantitative estimate of drug-likeness (QED) is 0.269. The zero-order chi connectivity index (χ0) is 18.9. The molecule has 0 saturated heterocycles. The number of nitrogens with one attached hydrogen (secondary N) is 1. The van der Waals surface area contributed by atoms with E-state index in [1.54, 1.807) is 0 Å². The predicted molar refractivity (Wildman–Crippen MR) is 96.6 cm³/mol. The van der Waals surface area contributed by atoms with Gasteiger partial charge in [-0.15, -0.1) is 0 Å². The van der Waals surface area contributed by atoms with E-state index in [0.29, 0.717) is 18.9 Å². The van der Waals surface area contributed by atoms with E-state index in [-0.39, 0.29) is 12.3 Å². The number of azide groups is 1. The van der Waals surface area contributed by atoms with Gasteiger partial charge < -0.3 is 21.3 Å². The summed E-state index contributed by atoms with van der Waals surface area (Å²) < 4.78 is 0. The van der Waals surface area contributed by atoms with E-state index in [9.17, 15) is 15.0 Å². The number of amides is 1. The van der Waals surface area contributed by atoms with Crippen LogP contribution in [0.4, 0.5) is 0 Å². The van der Waals surface area contributed by atoms with Gasteiger partial charge in [-0.25, -0.2) is 0 Å². The largest absolute Gasteiger partial charge is 0.391 e. The maximum atomic E-state index is 12.3. The first-order valence-electron chi connectivity index (χ1n) is 9.23. The zero-order valence-corrected chi connectivity index (χ0v) is 15.4. The molecule has 0 aromatic carbocycles. The van der Waals surface area contributed by atoms with Gasteiger partial charge in [0.1, 0.15) is 0 Å². The van der Waals surface area contributed by atoms with E-state index in [1.807, 2.05) is 13.8 Å². The number of aliphatic hydroxyl groups excluding tert-OH is 1. The molecule has 0 aliphatic heterocycles. The first-order valence-corrected chi connectivity index (χ1v) is 9.23. The first kappa shape index (κ1) is 21.7. The number of aliphatic hydroxyl groups is 2. The summed E-state index contributed by atoms with van der Waals surface area (Å²) in [6.07, 6.45) is 5.23. The summed E-state index contributed by atoms with van der Waals surface area (Å²) in [5.41, 5.74) is 12.7. The second kappa shape index (κ2) is 10.6. The van der Waals surface area contributed by atoms with Crippen LogP contribution in [0.1, 0.15) is 58.8 Å². The molecular weight excluding hydrogens is 322 g/mol. The molecule has 5 N–H and O–H groups in total. The highest BCUT2D eigenvalue weighted by Gasteiger charge is 2.39. The first-order chi connectivity index (χ1) is 11.8. The molecule has 0 radical (unpaired) electrons. The summed E-state index contributed by atoms with van der Waals surface area (Å²) in [7, 11) is 0. The SMILES string of the molecule is CC(C)CNC(=O)[C@](O)(CN=[N+]=[N-])C[C@H](O)[C@@H](N)CC1CCCCC1. The third-order valence-electron chi connectivity index (χ3n) is 4.86. The molecule has 0 unspecified atom stereocenters. The van der Waals surface area contributed by atoms with Crippen LogP contribution < -0.4 is 11.1 Å². The van der Waals surface area contributed by atoms with E-state index in [4.69, 9.17) is 11.3 Å². The van der Waals surface area contributed by atoms with Crippen molar-refractivity contribution in [2.24, 2.45) is 22.7 Å². The molecule has 0 bridgehead atoms. The smallest absolute Gasteiger partial charge is 0.252 e. The topological polar surface area (TPSA) is 144 Å².